The van der Waals surface area contributed by atoms with E-state index in [1.807, 2.05) is 19.4 Å². The van der Waals surface area contributed by atoms with Crippen LogP contribution in [-0.4, -0.2) is 9.78 Å². The molecule has 4 nitrogen and oxygen atoms in total. The van der Waals surface area contributed by atoms with Gasteiger partial charge in [0, 0.05) is 23.5 Å². The van der Waals surface area contributed by atoms with Gasteiger partial charge in [0.2, 0.25) is 0 Å². The Balaban J connectivity index is 2.14. The summed E-state index contributed by atoms with van der Waals surface area (Å²) in [4.78, 5) is 0. The third kappa shape index (κ3) is 1.82. The van der Waals surface area contributed by atoms with Crippen LogP contribution in [0.25, 0.3) is 10.1 Å². The van der Waals surface area contributed by atoms with Crippen LogP contribution in [0.4, 0.5) is 0 Å². The molecule has 3 rings (SSSR count). The fraction of sp³-hybridized carbons (Fsp3) is 0.154. The van der Waals surface area contributed by atoms with Crippen molar-refractivity contribution in [3.63, 3.8) is 0 Å². The van der Waals surface area contributed by atoms with Gasteiger partial charge in [-0.2, -0.15) is 5.10 Å². The van der Waals surface area contributed by atoms with Crippen LogP contribution < -0.4 is 11.3 Å². The van der Waals surface area contributed by atoms with E-state index in [2.05, 4.69) is 40.2 Å². The number of nitrogens with zero attached hydrogens (tertiary/aromatic N) is 2. The minimum absolute atomic E-state index is 0.0268. The number of thiophene rings is 1. The highest BCUT2D eigenvalue weighted by Crippen LogP contribution is 2.31. The lowest BCUT2D eigenvalue weighted by molar-refractivity contribution is 0.640. The van der Waals surface area contributed by atoms with Crippen molar-refractivity contribution in [3.8, 4) is 0 Å². The number of benzene rings is 1. The van der Waals surface area contributed by atoms with Gasteiger partial charge in [-0.15, -0.1) is 11.3 Å². The molecule has 92 valence electrons. The normalized spacial score (nSPS) is 13.0. The van der Waals surface area contributed by atoms with Crippen LogP contribution in [0.2, 0.25) is 0 Å². The van der Waals surface area contributed by atoms with Crippen LogP contribution in [0.1, 0.15) is 17.2 Å². The van der Waals surface area contributed by atoms with Crippen molar-refractivity contribution in [1.82, 2.24) is 15.2 Å². The van der Waals surface area contributed by atoms with E-state index in [0.29, 0.717) is 0 Å². The fourth-order valence-corrected chi connectivity index (χ4v) is 3.14. The van der Waals surface area contributed by atoms with Crippen LogP contribution in [-0.2, 0) is 7.05 Å². The third-order valence-corrected chi connectivity index (χ3v) is 4.02. The molecule has 2 aromatic heterocycles. The van der Waals surface area contributed by atoms with Crippen LogP contribution in [0.3, 0.4) is 0 Å². The summed E-state index contributed by atoms with van der Waals surface area (Å²) in [6.45, 7) is 0. The van der Waals surface area contributed by atoms with Crippen LogP contribution >= 0.6 is 11.3 Å². The Morgan fingerprint density at radius 3 is 3.00 bits per heavy atom. The number of hydrazine groups is 1. The van der Waals surface area contributed by atoms with E-state index in [-0.39, 0.29) is 6.04 Å². The van der Waals surface area contributed by atoms with Crippen LogP contribution in [0.15, 0.2) is 42.0 Å². The highest BCUT2D eigenvalue weighted by atomic mass is 32.1. The number of aryl methyl sites for hydroxylation is 1. The van der Waals surface area contributed by atoms with Gasteiger partial charge in [-0.25, -0.2) is 5.43 Å². The molecule has 3 aromatic rings. The molecule has 1 unspecified atom stereocenters. The molecule has 5 heteroatoms. The molecule has 0 spiro atoms. The molecule has 1 aromatic carbocycles. The zero-order valence-electron chi connectivity index (χ0n) is 10.00. The van der Waals surface area contributed by atoms with E-state index in [1.165, 1.54) is 15.6 Å². The molecule has 2 heterocycles. The standard InChI is InChI=1S/C13H14N4S/c1-17-8-10(7-15-17)12(16-14)11-4-2-3-9-5-6-18-13(9)11/h2-8,12,16H,14H2,1H3. The van der Waals surface area contributed by atoms with Crippen molar-refractivity contribution in [2.45, 2.75) is 6.04 Å². The number of hydrogen-bond acceptors (Lipinski definition) is 4. The maximum absolute atomic E-state index is 5.72. The predicted octanol–water partition coefficient (Wildman–Crippen LogP) is 2.19. The maximum atomic E-state index is 5.72. The lowest BCUT2D eigenvalue weighted by atomic mass is 10.0. The zero-order chi connectivity index (χ0) is 12.5. The second-order valence-corrected chi connectivity index (χ2v) is 5.15. The van der Waals surface area contributed by atoms with Gasteiger partial charge in [-0.3, -0.25) is 10.5 Å². The van der Waals surface area contributed by atoms with Gasteiger partial charge in [0.15, 0.2) is 0 Å². The maximum Gasteiger partial charge on any atom is 0.0754 e. The number of aromatic nitrogens is 2. The van der Waals surface area contributed by atoms with E-state index >= 15 is 0 Å². The van der Waals surface area contributed by atoms with Gasteiger partial charge >= 0.3 is 0 Å². The lowest BCUT2D eigenvalue weighted by Crippen LogP contribution is -2.28. The Kier molecular flexibility index (Phi) is 2.87. The molecular weight excluding hydrogens is 244 g/mol. The molecule has 1 atom stereocenters. The smallest absolute Gasteiger partial charge is 0.0754 e. The summed E-state index contributed by atoms with van der Waals surface area (Å²) in [5.41, 5.74) is 5.15. The molecule has 0 bridgehead atoms. The van der Waals surface area contributed by atoms with E-state index in [4.69, 9.17) is 5.84 Å². The molecule has 0 aliphatic carbocycles. The highest BCUT2D eigenvalue weighted by molar-refractivity contribution is 7.17. The molecular formula is C13H14N4S. The Bertz CT molecular complexity index is 670. The summed E-state index contributed by atoms with van der Waals surface area (Å²) in [5.74, 6) is 5.72. The van der Waals surface area contributed by atoms with Crippen molar-refractivity contribution in [2.75, 3.05) is 0 Å². The second-order valence-electron chi connectivity index (χ2n) is 4.23. The van der Waals surface area contributed by atoms with Crippen LogP contribution in [0, 0.1) is 0 Å². The average Bonchev–Trinajstić information content (AvgIpc) is 2.99. The SMILES string of the molecule is Cn1cc(C(NN)c2cccc3ccsc23)cn1. The van der Waals surface area contributed by atoms with Crippen LogP contribution in [0.5, 0.6) is 0 Å². The molecule has 18 heavy (non-hydrogen) atoms. The number of nitrogens with two attached hydrogens (primary N) is 1. The van der Waals surface area contributed by atoms with Gasteiger partial charge in [0.1, 0.15) is 0 Å². The first kappa shape index (κ1) is 11.4. The summed E-state index contributed by atoms with van der Waals surface area (Å²) in [6.07, 6.45) is 3.83. The summed E-state index contributed by atoms with van der Waals surface area (Å²) in [5, 5.41) is 7.56. The molecule has 0 aliphatic rings. The molecule has 0 fully saturated rings. The van der Waals surface area contributed by atoms with Gasteiger partial charge in [-0.05, 0) is 22.4 Å². The lowest BCUT2D eigenvalue weighted by Gasteiger charge is -2.15. The second kappa shape index (κ2) is 4.53. The summed E-state index contributed by atoms with van der Waals surface area (Å²) in [6, 6.07) is 8.38. The largest absolute Gasteiger partial charge is 0.275 e. The minimum Gasteiger partial charge on any atom is -0.275 e. The molecule has 0 radical (unpaired) electrons. The Hall–Kier alpha value is -1.69. The van der Waals surface area contributed by atoms with Gasteiger partial charge in [-0.1, -0.05) is 18.2 Å². The molecule has 0 saturated carbocycles. The topological polar surface area (TPSA) is 55.9 Å². The summed E-state index contributed by atoms with van der Waals surface area (Å²) in [7, 11) is 1.91. The monoisotopic (exact) mass is 258 g/mol. The van der Waals surface area contributed by atoms with Gasteiger partial charge in [0.05, 0.1) is 12.2 Å². The first-order valence-corrected chi connectivity index (χ1v) is 6.58. The van der Waals surface area contributed by atoms with Crippen molar-refractivity contribution in [3.05, 3.63) is 53.2 Å². The summed E-state index contributed by atoms with van der Waals surface area (Å²) < 4.78 is 3.05. The number of fused-ring (bicyclic) bond motifs is 1. The van der Waals surface area contributed by atoms with Crippen molar-refractivity contribution in [1.29, 1.82) is 0 Å². The first-order chi connectivity index (χ1) is 8.79. The van der Waals surface area contributed by atoms with Crippen molar-refractivity contribution < 1.29 is 0 Å². The number of rotatable bonds is 3. The Labute approximate surface area is 109 Å². The average molecular weight is 258 g/mol. The van der Waals surface area contributed by atoms with Gasteiger partial charge in [0.25, 0.3) is 0 Å². The Morgan fingerprint density at radius 1 is 1.39 bits per heavy atom. The van der Waals surface area contributed by atoms with Gasteiger partial charge < -0.3 is 0 Å². The van der Waals surface area contributed by atoms with E-state index < -0.39 is 0 Å². The molecule has 0 aliphatic heterocycles. The third-order valence-electron chi connectivity index (χ3n) is 3.05. The first-order valence-electron chi connectivity index (χ1n) is 5.70. The number of nitrogens with one attached hydrogen (secondary N) is 1. The minimum atomic E-state index is -0.0268. The number of hydrogen-bond donors (Lipinski definition) is 2. The molecule has 3 N–H and O–H groups in total. The molecule has 0 amide bonds. The van der Waals surface area contributed by atoms with Crippen molar-refractivity contribution in [2.24, 2.45) is 12.9 Å². The zero-order valence-corrected chi connectivity index (χ0v) is 10.8. The van der Waals surface area contributed by atoms with Crippen molar-refractivity contribution >= 4 is 21.4 Å². The van der Waals surface area contributed by atoms with E-state index in [1.54, 1.807) is 16.0 Å². The highest BCUT2D eigenvalue weighted by Gasteiger charge is 2.17. The predicted molar refractivity (Wildman–Crippen MR) is 74.2 cm³/mol. The quantitative estimate of drug-likeness (QED) is 0.559. The summed E-state index contributed by atoms with van der Waals surface area (Å²) >= 11 is 1.74. The van der Waals surface area contributed by atoms with E-state index in [9.17, 15) is 0 Å². The fourth-order valence-electron chi connectivity index (χ4n) is 2.20. The molecule has 0 saturated heterocycles. The van der Waals surface area contributed by atoms with E-state index in [0.717, 1.165) is 5.56 Å². The Morgan fingerprint density at radius 2 is 2.28 bits per heavy atom.